The van der Waals surface area contributed by atoms with Crippen LogP contribution in [0.15, 0.2) is 60.7 Å². The molecular weight excluding hydrogens is 314 g/mol. The molecule has 0 bridgehead atoms. The van der Waals surface area contributed by atoms with Crippen molar-refractivity contribution in [3.8, 4) is 11.5 Å². The zero-order valence-corrected chi connectivity index (χ0v) is 14.0. The maximum Gasteiger partial charge on any atom is 0.212 e. The fourth-order valence-corrected chi connectivity index (χ4v) is 3.23. The van der Waals surface area contributed by atoms with Crippen molar-refractivity contribution >= 4 is 27.5 Å². The molecule has 0 amide bonds. The van der Waals surface area contributed by atoms with E-state index in [9.17, 15) is 4.79 Å². The van der Waals surface area contributed by atoms with Crippen molar-refractivity contribution in [2.24, 2.45) is 0 Å². The quantitative estimate of drug-likeness (QED) is 0.557. The summed E-state index contributed by atoms with van der Waals surface area (Å²) in [6.07, 6.45) is 0. The van der Waals surface area contributed by atoms with Gasteiger partial charge in [0.1, 0.15) is 11.5 Å². The van der Waals surface area contributed by atoms with Crippen LogP contribution >= 0.6 is 0 Å². The first-order valence-electron chi connectivity index (χ1n) is 7.99. The Bertz CT molecular complexity index is 1090. The Hall–Kier alpha value is -3.27. The molecule has 0 fully saturated rings. The second-order valence-corrected chi connectivity index (χ2v) is 5.80. The number of hydrogen-bond donors (Lipinski definition) is 1. The summed E-state index contributed by atoms with van der Waals surface area (Å²) in [7, 11) is 3.22. The summed E-state index contributed by atoms with van der Waals surface area (Å²) in [6.45, 7) is 0. The Balaban J connectivity index is 1.92. The fourth-order valence-electron chi connectivity index (χ4n) is 3.23. The normalized spacial score (nSPS) is 11.0. The number of para-hydroxylation sites is 1. The van der Waals surface area contributed by atoms with E-state index in [4.69, 9.17) is 9.47 Å². The molecular formula is C21H17NO3. The number of benzene rings is 3. The molecule has 124 valence electrons. The van der Waals surface area contributed by atoms with E-state index < -0.39 is 0 Å². The highest BCUT2D eigenvalue weighted by Crippen LogP contribution is 2.34. The minimum Gasteiger partial charge on any atom is -0.496 e. The van der Waals surface area contributed by atoms with Gasteiger partial charge in [-0.15, -0.1) is 0 Å². The van der Waals surface area contributed by atoms with Crippen LogP contribution in [0.1, 0.15) is 16.1 Å². The van der Waals surface area contributed by atoms with Gasteiger partial charge in [-0.05, 0) is 35.7 Å². The molecule has 25 heavy (non-hydrogen) atoms. The van der Waals surface area contributed by atoms with Crippen LogP contribution in [0.2, 0.25) is 0 Å². The molecule has 1 heterocycles. The van der Waals surface area contributed by atoms with Crippen molar-refractivity contribution in [3.63, 3.8) is 0 Å². The van der Waals surface area contributed by atoms with Crippen LogP contribution < -0.4 is 9.47 Å². The average molecular weight is 331 g/mol. The summed E-state index contributed by atoms with van der Waals surface area (Å²) in [4.78, 5) is 16.2. The molecule has 0 aliphatic heterocycles. The molecule has 0 saturated carbocycles. The van der Waals surface area contributed by atoms with E-state index >= 15 is 0 Å². The van der Waals surface area contributed by atoms with E-state index in [2.05, 4.69) is 4.98 Å². The summed E-state index contributed by atoms with van der Waals surface area (Å²) in [6, 6.07) is 19.0. The van der Waals surface area contributed by atoms with Gasteiger partial charge in [0.2, 0.25) is 5.78 Å². The number of hydrogen-bond acceptors (Lipinski definition) is 3. The van der Waals surface area contributed by atoms with Crippen molar-refractivity contribution in [2.45, 2.75) is 0 Å². The molecule has 1 aromatic heterocycles. The van der Waals surface area contributed by atoms with E-state index in [1.807, 2.05) is 48.5 Å². The van der Waals surface area contributed by atoms with Gasteiger partial charge >= 0.3 is 0 Å². The zero-order valence-electron chi connectivity index (χ0n) is 14.0. The number of methoxy groups -OCH3 is 2. The van der Waals surface area contributed by atoms with Crippen LogP contribution in [-0.4, -0.2) is 25.0 Å². The molecule has 0 unspecified atom stereocenters. The van der Waals surface area contributed by atoms with E-state index in [1.165, 1.54) is 0 Å². The Kier molecular flexibility index (Phi) is 3.65. The van der Waals surface area contributed by atoms with Crippen LogP contribution in [0.3, 0.4) is 0 Å². The van der Waals surface area contributed by atoms with Crippen LogP contribution in [-0.2, 0) is 0 Å². The van der Waals surface area contributed by atoms with Crippen LogP contribution in [0.4, 0.5) is 0 Å². The third-order valence-corrected chi connectivity index (χ3v) is 4.42. The molecule has 4 heteroatoms. The number of nitrogens with one attached hydrogen (secondary N) is 1. The lowest BCUT2D eigenvalue weighted by molar-refractivity contribution is 0.103. The van der Waals surface area contributed by atoms with E-state index in [0.717, 1.165) is 27.4 Å². The SMILES string of the molecule is COc1ccccc1C(=O)c1cc2c(ccc3cccc(OC)c32)[nH]1. The monoisotopic (exact) mass is 331 g/mol. The molecule has 4 nitrogen and oxygen atoms in total. The second kappa shape index (κ2) is 5.98. The number of fused-ring (bicyclic) bond motifs is 3. The van der Waals surface area contributed by atoms with E-state index in [1.54, 1.807) is 26.4 Å². The van der Waals surface area contributed by atoms with Crippen molar-refractivity contribution < 1.29 is 14.3 Å². The van der Waals surface area contributed by atoms with Crippen molar-refractivity contribution in [2.75, 3.05) is 14.2 Å². The Morgan fingerprint density at radius 3 is 2.44 bits per heavy atom. The molecule has 0 spiro atoms. The summed E-state index contributed by atoms with van der Waals surface area (Å²) < 4.78 is 10.8. The highest BCUT2D eigenvalue weighted by Gasteiger charge is 2.17. The number of aromatic nitrogens is 1. The minimum absolute atomic E-state index is 0.100. The third-order valence-electron chi connectivity index (χ3n) is 4.42. The first-order valence-corrected chi connectivity index (χ1v) is 7.99. The largest absolute Gasteiger partial charge is 0.496 e. The van der Waals surface area contributed by atoms with Crippen LogP contribution in [0.5, 0.6) is 11.5 Å². The van der Waals surface area contributed by atoms with Gasteiger partial charge in [-0.2, -0.15) is 0 Å². The fraction of sp³-hybridized carbons (Fsp3) is 0.0952. The Labute approximate surface area is 145 Å². The third kappa shape index (κ3) is 2.43. The standard InChI is InChI=1S/C21H17NO3/c1-24-18-8-4-3-7-14(18)21(23)17-12-15-16(22-17)11-10-13-6-5-9-19(25-2)20(13)15/h3-12,22H,1-2H3. The molecule has 0 atom stereocenters. The Morgan fingerprint density at radius 2 is 1.64 bits per heavy atom. The van der Waals surface area contributed by atoms with E-state index in [0.29, 0.717) is 17.0 Å². The first kappa shape index (κ1) is 15.3. The lowest BCUT2D eigenvalue weighted by Crippen LogP contribution is -2.03. The number of H-pyrrole nitrogens is 1. The molecule has 0 saturated heterocycles. The lowest BCUT2D eigenvalue weighted by Gasteiger charge is -2.06. The molecule has 0 radical (unpaired) electrons. The maximum atomic E-state index is 12.9. The first-order chi connectivity index (χ1) is 12.2. The number of rotatable bonds is 4. The predicted molar refractivity (Wildman–Crippen MR) is 98.8 cm³/mol. The Morgan fingerprint density at radius 1 is 0.880 bits per heavy atom. The highest BCUT2D eigenvalue weighted by atomic mass is 16.5. The van der Waals surface area contributed by atoms with Gasteiger partial charge in [0.15, 0.2) is 0 Å². The number of aromatic amines is 1. The number of carbonyl (C=O) groups is 1. The van der Waals surface area contributed by atoms with Gasteiger partial charge in [-0.3, -0.25) is 4.79 Å². The molecule has 0 aliphatic carbocycles. The minimum atomic E-state index is -0.100. The van der Waals surface area contributed by atoms with Gasteiger partial charge in [0.05, 0.1) is 25.5 Å². The van der Waals surface area contributed by atoms with Crippen LogP contribution in [0.25, 0.3) is 21.7 Å². The molecule has 1 N–H and O–H groups in total. The maximum absolute atomic E-state index is 12.9. The van der Waals surface area contributed by atoms with E-state index in [-0.39, 0.29) is 5.78 Å². The van der Waals surface area contributed by atoms with Crippen LogP contribution in [0, 0.1) is 0 Å². The smallest absolute Gasteiger partial charge is 0.212 e. The molecule has 4 rings (SSSR count). The summed E-state index contributed by atoms with van der Waals surface area (Å²) in [5.41, 5.74) is 1.96. The van der Waals surface area contributed by atoms with Crippen molar-refractivity contribution in [1.29, 1.82) is 0 Å². The van der Waals surface area contributed by atoms with Crippen molar-refractivity contribution in [1.82, 2.24) is 4.98 Å². The summed E-state index contributed by atoms with van der Waals surface area (Å²) in [5, 5.41) is 3.04. The van der Waals surface area contributed by atoms with Gasteiger partial charge in [0, 0.05) is 16.3 Å². The molecule has 3 aromatic carbocycles. The number of ketones is 1. The van der Waals surface area contributed by atoms with Gasteiger partial charge in [0.25, 0.3) is 0 Å². The lowest BCUT2D eigenvalue weighted by atomic mass is 10.0. The predicted octanol–water partition coefficient (Wildman–Crippen LogP) is 4.57. The number of carbonyl (C=O) groups excluding carboxylic acids is 1. The number of ether oxygens (including phenoxy) is 2. The highest BCUT2D eigenvalue weighted by molar-refractivity contribution is 6.16. The van der Waals surface area contributed by atoms with Gasteiger partial charge in [-0.1, -0.05) is 30.3 Å². The zero-order chi connectivity index (χ0) is 17.4. The van der Waals surface area contributed by atoms with Gasteiger partial charge in [-0.25, -0.2) is 0 Å². The average Bonchev–Trinajstić information content (AvgIpc) is 3.11. The van der Waals surface area contributed by atoms with Crippen molar-refractivity contribution in [3.05, 3.63) is 71.9 Å². The summed E-state index contributed by atoms with van der Waals surface area (Å²) >= 11 is 0. The van der Waals surface area contributed by atoms with Gasteiger partial charge < -0.3 is 14.5 Å². The molecule has 4 aromatic rings. The molecule has 0 aliphatic rings. The second-order valence-electron chi connectivity index (χ2n) is 5.80. The topological polar surface area (TPSA) is 51.3 Å². The summed E-state index contributed by atoms with van der Waals surface area (Å²) in [5.74, 6) is 1.25.